The van der Waals surface area contributed by atoms with E-state index in [0.29, 0.717) is 5.82 Å². The topological polar surface area (TPSA) is 69.6 Å². The summed E-state index contributed by atoms with van der Waals surface area (Å²) in [5.41, 5.74) is 9.14. The number of hydrogen-bond acceptors (Lipinski definition) is 4. The molecule has 3 rings (SSSR count). The SMILES string of the molecule is Nc1nn(-c2cncnc2)c2c1CCC2. The molecule has 2 aromatic heterocycles. The Bertz CT molecular complexity index is 488. The average Bonchev–Trinajstić information content (AvgIpc) is 2.84. The van der Waals surface area contributed by atoms with Gasteiger partial charge in [-0.05, 0) is 19.3 Å². The predicted molar refractivity (Wildman–Crippen MR) is 55.6 cm³/mol. The Kier molecular flexibility index (Phi) is 1.71. The molecular weight excluding hydrogens is 190 g/mol. The average molecular weight is 201 g/mol. The number of fused-ring (bicyclic) bond motifs is 1. The van der Waals surface area contributed by atoms with Gasteiger partial charge in [0, 0.05) is 11.3 Å². The van der Waals surface area contributed by atoms with Crippen LogP contribution in [-0.2, 0) is 12.8 Å². The third-order valence-electron chi connectivity index (χ3n) is 2.75. The van der Waals surface area contributed by atoms with Crippen molar-refractivity contribution in [3.05, 3.63) is 30.0 Å². The second-order valence-electron chi connectivity index (χ2n) is 3.67. The lowest BCUT2D eigenvalue weighted by molar-refractivity contribution is 0.781. The van der Waals surface area contributed by atoms with Gasteiger partial charge >= 0.3 is 0 Å². The largest absolute Gasteiger partial charge is 0.382 e. The molecule has 0 amide bonds. The summed E-state index contributed by atoms with van der Waals surface area (Å²) in [6, 6.07) is 0. The Hall–Kier alpha value is -1.91. The van der Waals surface area contributed by atoms with Crippen molar-refractivity contribution < 1.29 is 0 Å². The summed E-state index contributed by atoms with van der Waals surface area (Å²) in [5.74, 6) is 0.645. The zero-order valence-corrected chi connectivity index (χ0v) is 8.22. The van der Waals surface area contributed by atoms with E-state index in [2.05, 4.69) is 15.1 Å². The predicted octanol–water partition coefficient (Wildman–Crippen LogP) is 0.733. The minimum Gasteiger partial charge on any atom is -0.382 e. The number of aromatic nitrogens is 4. The maximum atomic E-state index is 5.86. The number of hydrogen-bond donors (Lipinski definition) is 1. The third kappa shape index (κ3) is 1.20. The van der Waals surface area contributed by atoms with Crippen LogP contribution in [0.3, 0.4) is 0 Å². The number of nitrogens with two attached hydrogens (primary N) is 1. The summed E-state index contributed by atoms with van der Waals surface area (Å²) in [5, 5.41) is 4.32. The van der Waals surface area contributed by atoms with E-state index in [9.17, 15) is 0 Å². The molecule has 0 radical (unpaired) electrons. The van der Waals surface area contributed by atoms with Crippen molar-refractivity contribution in [2.75, 3.05) is 5.73 Å². The molecule has 15 heavy (non-hydrogen) atoms. The van der Waals surface area contributed by atoms with Gasteiger partial charge in [0.25, 0.3) is 0 Å². The van der Waals surface area contributed by atoms with Crippen LogP contribution in [0.1, 0.15) is 17.7 Å². The third-order valence-corrected chi connectivity index (χ3v) is 2.75. The molecule has 0 atom stereocenters. The summed E-state index contributed by atoms with van der Waals surface area (Å²) >= 11 is 0. The molecule has 0 unspecified atom stereocenters. The highest BCUT2D eigenvalue weighted by Gasteiger charge is 2.21. The molecule has 0 fully saturated rings. The van der Waals surface area contributed by atoms with Crippen molar-refractivity contribution in [1.29, 1.82) is 0 Å². The monoisotopic (exact) mass is 201 g/mol. The summed E-state index contributed by atoms with van der Waals surface area (Å²) in [7, 11) is 0. The van der Waals surface area contributed by atoms with Crippen LogP contribution in [0.2, 0.25) is 0 Å². The Labute approximate surface area is 87.0 Å². The van der Waals surface area contributed by atoms with Gasteiger partial charge in [-0.2, -0.15) is 5.10 Å². The van der Waals surface area contributed by atoms with E-state index in [1.165, 1.54) is 17.6 Å². The maximum Gasteiger partial charge on any atom is 0.149 e. The molecule has 76 valence electrons. The molecule has 1 aliphatic carbocycles. The van der Waals surface area contributed by atoms with Crippen molar-refractivity contribution in [3.8, 4) is 5.69 Å². The molecule has 0 saturated heterocycles. The molecule has 0 aromatic carbocycles. The van der Waals surface area contributed by atoms with Crippen molar-refractivity contribution >= 4 is 5.82 Å². The van der Waals surface area contributed by atoms with Crippen LogP contribution in [-0.4, -0.2) is 19.7 Å². The molecule has 1 aliphatic rings. The first-order valence-electron chi connectivity index (χ1n) is 4.98. The van der Waals surface area contributed by atoms with Crippen LogP contribution in [0.15, 0.2) is 18.7 Å². The van der Waals surface area contributed by atoms with Gasteiger partial charge in [0.1, 0.15) is 17.8 Å². The van der Waals surface area contributed by atoms with E-state index in [-0.39, 0.29) is 0 Å². The second kappa shape index (κ2) is 3.05. The van der Waals surface area contributed by atoms with Gasteiger partial charge in [0.2, 0.25) is 0 Å². The maximum absolute atomic E-state index is 5.86. The van der Waals surface area contributed by atoms with Crippen LogP contribution >= 0.6 is 0 Å². The standard InChI is InChI=1S/C10H11N5/c11-10-8-2-1-3-9(8)15(14-10)7-4-12-6-13-5-7/h4-6H,1-3H2,(H2,11,14). The number of anilines is 1. The fraction of sp³-hybridized carbons (Fsp3) is 0.300. The van der Waals surface area contributed by atoms with E-state index < -0.39 is 0 Å². The van der Waals surface area contributed by atoms with E-state index in [1.807, 2.05) is 4.68 Å². The first-order valence-corrected chi connectivity index (χ1v) is 4.98. The van der Waals surface area contributed by atoms with Gasteiger partial charge in [0.15, 0.2) is 0 Å². The van der Waals surface area contributed by atoms with Crippen LogP contribution < -0.4 is 5.73 Å². The van der Waals surface area contributed by atoms with E-state index >= 15 is 0 Å². The van der Waals surface area contributed by atoms with Crippen LogP contribution in [0, 0.1) is 0 Å². The van der Waals surface area contributed by atoms with E-state index in [4.69, 9.17) is 5.73 Å². The molecule has 2 N–H and O–H groups in total. The van der Waals surface area contributed by atoms with Gasteiger partial charge in [-0.15, -0.1) is 0 Å². The summed E-state index contributed by atoms with van der Waals surface area (Å²) in [6.45, 7) is 0. The lowest BCUT2D eigenvalue weighted by Gasteiger charge is -2.02. The lowest BCUT2D eigenvalue weighted by Crippen LogP contribution is -2.02. The van der Waals surface area contributed by atoms with Crippen LogP contribution in [0.5, 0.6) is 0 Å². The normalized spacial score (nSPS) is 14.1. The van der Waals surface area contributed by atoms with Crippen molar-refractivity contribution in [1.82, 2.24) is 19.7 Å². The molecule has 2 heterocycles. The van der Waals surface area contributed by atoms with Gasteiger partial charge in [-0.25, -0.2) is 14.6 Å². The Morgan fingerprint density at radius 1 is 1.20 bits per heavy atom. The van der Waals surface area contributed by atoms with Crippen molar-refractivity contribution in [3.63, 3.8) is 0 Å². The molecule has 0 aliphatic heterocycles. The quantitative estimate of drug-likeness (QED) is 0.738. The van der Waals surface area contributed by atoms with Gasteiger partial charge in [0.05, 0.1) is 12.4 Å². The number of nitrogen functional groups attached to an aromatic ring is 1. The highest BCUT2D eigenvalue weighted by atomic mass is 15.3. The Morgan fingerprint density at radius 3 is 2.80 bits per heavy atom. The molecule has 0 bridgehead atoms. The zero-order chi connectivity index (χ0) is 10.3. The number of rotatable bonds is 1. The molecule has 0 saturated carbocycles. The highest BCUT2D eigenvalue weighted by molar-refractivity contribution is 5.48. The first kappa shape index (κ1) is 8.40. The lowest BCUT2D eigenvalue weighted by atomic mass is 10.2. The van der Waals surface area contributed by atoms with Crippen molar-refractivity contribution in [2.45, 2.75) is 19.3 Å². The van der Waals surface area contributed by atoms with Gasteiger partial charge in [-0.3, -0.25) is 0 Å². The Morgan fingerprint density at radius 2 is 2.00 bits per heavy atom. The number of nitrogens with zero attached hydrogens (tertiary/aromatic N) is 4. The second-order valence-corrected chi connectivity index (χ2v) is 3.67. The summed E-state index contributed by atoms with van der Waals surface area (Å²) in [6.07, 6.45) is 8.24. The summed E-state index contributed by atoms with van der Waals surface area (Å²) in [4.78, 5) is 7.97. The Balaban J connectivity index is 2.18. The van der Waals surface area contributed by atoms with E-state index in [1.54, 1.807) is 12.4 Å². The molecule has 5 heteroatoms. The highest BCUT2D eigenvalue weighted by Crippen LogP contribution is 2.28. The smallest absolute Gasteiger partial charge is 0.149 e. The zero-order valence-electron chi connectivity index (χ0n) is 8.22. The fourth-order valence-corrected chi connectivity index (χ4v) is 2.08. The van der Waals surface area contributed by atoms with Crippen molar-refractivity contribution in [2.24, 2.45) is 0 Å². The molecule has 0 spiro atoms. The summed E-state index contributed by atoms with van der Waals surface area (Å²) < 4.78 is 1.86. The fourth-order valence-electron chi connectivity index (χ4n) is 2.08. The van der Waals surface area contributed by atoms with Gasteiger partial charge in [-0.1, -0.05) is 0 Å². The molecular formula is C10H11N5. The van der Waals surface area contributed by atoms with Gasteiger partial charge < -0.3 is 5.73 Å². The molecule has 2 aromatic rings. The van der Waals surface area contributed by atoms with Crippen LogP contribution in [0.4, 0.5) is 5.82 Å². The van der Waals surface area contributed by atoms with Crippen LogP contribution in [0.25, 0.3) is 5.69 Å². The first-order chi connectivity index (χ1) is 7.36. The minimum absolute atomic E-state index is 0.645. The minimum atomic E-state index is 0.645. The molecule has 5 nitrogen and oxygen atoms in total. The van der Waals surface area contributed by atoms with E-state index in [0.717, 1.165) is 24.9 Å².